The molecule has 1 aromatic heterocycles. The summed E-state index contributed by atoms with van der Waals surface area (Å²) >= 11 is 0. The fourth-order valence-corrected chi connectivity index (χ4v) is 6.87. The standard InChI is InChI=1S/C21H31N5O4S/c1-16(26-15-22-14-23-26)19(27)24-18-7-10-30-21(13-18)8-11-31(29,12-9-21)25-20(28)17-5-3-2-4-6-17/h2-3,14-18H,4-13H2,1H3,(H,24,27). The second kappa shape index (κ2) is 9.20. The zero-order chi connectivity index (χ0) is 21.9. The van der Waals surface area contributed by atoms with Crippen molar-refractivity contribution in [3.05, 3.63) is 24.8 Å². The quantitative estimate of drug-likeness (QED) is 0.703. The Hall–Kier alpha value is -2.07. The molecule has 0 bridgehead atoms. The van der Waals surface area contributed by atoms with Gasteiger partial charge in [0, 0.05) is 30.1 Å². The van der Waals surface area contributed by atoms with Gasteiger partial charge in [0.1, 0.15) is 18.7 Å². The van der Waals surface area contributed by atoms with Crippen molar-refractivity contribution >= 4 is 21.5 Å². The van der Waals surface area contributed by atoms with E-state index >= 15 is 0 Å². The number of nitrogens with zero attached hydrogens (tertiary/aromatic N) is 4. The molecule has 2 amide bonds. The van der Waals surface area contributed by atoms with Gasteiger partial charge in [0.05, 0.1) is 15.3 Å². The molecule has 0 saturated carbocycles. The highest BCUT2D eigenvalue weighted by Gasteiger charge is 2.42. The van der Waals surface area contributed by atoms with Crippen molar-refractivity contribution in [2.75, 3.05) is 18.1 Å². The molecule has 1 aromatic rings. The van der Waals surface area contributed by atoms with E-state index in [-0.39, 0.29) is 23.8 Å². The van der Waals surface area contributed by atoms with E-state index in [4.69, 9.17) is 4.74 Å². The van der Waals surface area contributed by atoms with Gasteiger partial charge in [0.25, 0.3) is 5.91 Å². The Labute approximate surface area is 183 Å². The number of carbonyl (C=O) groups is 2. The second-order valence-corrected chi connectivity index (χ2v) is 11.4. The van der Waals surface area contributed by atoms with Crippen molar-refractivity contribution in [1.82, 2.24) is 20.1 Å². The molecule has 0 radical (unpaired) electrons. The molecule has 9 nitrogen and oxygen atoms in total. The van der Waals surface area contributed by atoms with Gasteiger partial charge in [0.15, 0.2) is 0 Å². The van der Waals surface area contributed by atoms with Crippen LogP contribution in [0.25, 0.3) is 0 Å². The van der Waals surface area contributed by atoms with E-state index in [1.54, 1.807) is 6.92 Å². The van der Waals surface area contributed by atoms with Gasteiger partial charge in [-0.15, -0.1) is 0 Å². The smallest absolute Gasteiger partial charge is 0.257 e. The predicted molar refractivity (Wildman–Crippen MR) is 116 cm³/mol. The van der Waals surface area contributed by atoms with Crippen molar-refractivity contribution < 1.29 is 18.5 Å². The van der Waals surface area contributed by atoms with Crippen LogP contribution in [0.3, 0.4) is 0 Å². The van der Waals surface area contributed by atoms with Gasteiger partial charge in [-0.25, -0.2) is 13.9 Å². The highest BCUT2D eigenvalue weighted by molar-refractivity contribution is 7.93. The second-order valence-electron chi connectivity index (χ2n) is 8.87. The highest BCUT2D eigenvalue weighted by atomic mass is 32.2. The molecule has 2 aliphatic heterocycles. The first-order valence-electron chi connectivity index (χ1n) is 11.1. The molecule has 3 unspecified atom stereocenters. The average Bonchev–Trinajstić information content (AvgIpc) is 3.31. The molecule has 4 rings (SSSR count). The third-order valence-electron chi connectivity index (χ3n) is 6.68. The molecule has 2 fully saturated rings. The van der Waals surface area contributed by atoms with Crippen LogP contribution in [0.15, 0.2) is 29.2 Å². The van der Waals surface area contributed by atoms with Crippen molar-refractivity contribution in [2.45, 2.75) is 69.6 Å². The van der Waals surface area contributed by atoms with Gasteiger partial charge in [-0.2, -0.15) is 9.46 Å². The number of aromatic nitrogens is 3. The number of carbonyl (C=O) groups excluding carboxylic acids is 2. The first kappa shape index (κ1) is 22.1. The van der Waals surface area contributed by atoms with Crippen LogP contribution < -0.4 is 5.32 Å². The average molecular weight is 450 g/mol. The van der Waals surface area contributed by atoms with E-state index in [1.807, 2.05) is 6.08 Å². The molecule has 31 heavy (non-hydrogen) atoms. The number of allylic oxidation sites excluding steroid dienone is 2. The Balaban J connectivity index is 1.35. The van der Waals surface area contributed by atoms with Gasteiger partial charge >= 0.3 is 0 Å². The van der Waals surface area contributed by atoms with Crippen molar-refractivity contribution in [3.63, 3.8) is 0 Å². The van der Waals surface area contributed by atoms with Crippen molar-refractivity contribution in [2.24, 2.45) is 10.3 Å². The Morgan fingerprint density at radius 2 is 2.10 bits per heavy atom. The Morgan fingerprint density at radius 1 is 1.29 bits per heavy atom. The molecule has 1 N–H and O–H groups in total. The summed E-state index contributed by atoms with van der Waals surface area (Å²) in [7, 11) is -2.53. The van der Waals surface area contributed by atoms with Gasteiger partial charge in [-0.1, -0.05) is 12.2 Å². The lowest BCUT2D eigenvalue weighted by molar-refractivity contribution is -0.129. The molecule has 0 aromatic carbocycles. The molecule has 170 valence electrons. The fraction of sp³-hybridized carbons (Fsp3) is 0.714. The van der Waals surface area contributed by atoms with E-state index in [0.29, 0.717) is 43.8 Å². The SMILES string of the molecule is CC(C(=O)NC1CCOC2(CCS(=O)(=NC(=O)C3CC=CCC3)CC2)C1)n1cncn1. The Bertz CT molecular complexity index is 937. The maximum atomic E-state index is 13.2. The van der Waals surface area contributed by atoms with Crippen LogP contribution in [0.5, 0.6) is 0 Å². The molecule has 3 atom stereocenters. The molecule has 1 aliphatic carbocycles. The highest BCUT2D eigenvalue weighted by Crippen LogP contribution is 2.37. The number of nitrogens with one attached hydrogen (secondary N) is 1. The van der Waals surface area contributed by atoms with Crippen LogP contribution in [0, 0.1) is 5.92 Å². The van der Waals surface area contributed by atoms with Crippen molar-refractivity contribution in [3.8, 4) is 0 Å². The predicted octanol–water partition coefficient (Wildman–Crippen LogP) is 2.02. The molecule has 3 aliphatic rings. The van der Waals surface area contributed by atoms with E-state index < -0.39 is 21.4 Å². The van der Waals surface area contributed by atoms with Crippen LogP contribution >= 0.6 is 0 Å². The summed E-state index contributed by atoms with van der Waals surface area (Å²) in [5.74, 6) is 0.308. The van der Waals surface area contributed by atoms with Gasteiger partial charge in [0.2, 0.25) is 5.91 Å². The van der Waals surface area contributed by atoms with E-state index in [1.165, 1.54) is 17.3 Å². The van der Waals surface area contributed by atoms with Gasteiger partial charge in [-0.05, 0) is 51.9 Å². The Morgan fingerprint density at radius 3 is 2.77 bits per heavy atom. The fourth-order valence-electron chi connectivity index (χ4n) is 4.62. The molecule has 1 spiro atoms. The summed E-state index contributed by atoms with van der Waals surface area (Å²) in [6.07, 6.45) is 12.0. The Kier molecular flexibility index (Phi) is 6.57. The monoisotopic (exact) mass is 449 g/mol. The first-order valence-corrected chi connectivity index (χ1v) is 12.9. The summed E-state index contributed by atoms with van der Waals surface area (Å²) in [5, 5.41) is 7.14. The molecule has 3 heterocycles. The first-order chi connectivity index (χ1) is 14.9. The van der Waals surface area contributed by atoms with Gasteiger partial charge in [-0.3, -0.25) is 9.59 Å². The van der Waals surface area contributed by atoms with Gasteiger partial charge < -0.3 is 10.1 Å². The number of hydrogen-bond acceptors (Lipinski definition) is 6. The lowest BCUT2D eigenvalue weighted by Gasteiger charge is -2.44. The minimum atomic E-state index is -2.53. The zero-order valence-corrected chi connectivity index (χ0v) is 18.8. The summed E-state index contributed by atoms with van der Waals surface area (Å²) < 4.78 is 25.1. The molecular formula is C21H31N5O4S. The van der Waals surface area contributed by atoms with Crippen LogP contribution in [0.4, 0.5) is 0 Å². The summed E-state index contributed by atoms with van der Waals surface area (Å²) in [6.45, 7) is 2.34. The van der Waals surface area contributed by atoms with Crippen LogP contribution in [-0.2, 0) is 24.1 Å². The lowest BCUT2D eigenvalue weighted by Crippen LogP contribution is -2.52. The van der Waals surface area contributed by atoms with Crippen LogP contribution in [-0.4, -0.2) is 60.5 Å². The zero-order valence-electron chi connectivity index (χ0n) is 17.9. The number of ether oxygens (including phenoxy) is 1. The van der Waals surface area contributed by atoms with Crippen molar-refractivity contribution in [1.29, 1.82) is 0 Å². The normalized spacial score (nSPS) is 34.2. The lowest BCUT2D eigenvalue weighted by atomic mass is 9.85. The molecule has 10 heteroatoms. The summed E-state index contributed by atoms with van der Waals surface area (Å²) in [4.78, 5) is 29.0. The number of rotatable bonds is 4. The summed E-state index contributed by atoms with van der Waals surface area (Å²) in [5.41, 5.74) is -0.403. The van der Waals surface area contributed by atoms with Crippen LogP contribution in [0.2, 0.25) is 0 Å². The van der Waals surface area contributed by atoms with E-state index in [9.17, 15) is 13.8 Å². The summed E-state index contributed by atoms with van der Waals surface area (Å²) in [6, 6.07) is -0.445. The maximum Gasteiger partial charge on any atom is 0.257 e. The minimum absolute atomic E-state index is 0.00558. The molecule has 2 saturated heterocycles. The number of hydrogen-bond donors (Lipinski definition) is 1. The topological polar surface area (TPSA) is 116 Å². The third-order valence-corrected chi connectivity index (χ3v) is 8.88. The minimum Gasteiger partial charge on any atom is -0.375 e. The largest absolute Gasteiger partial charge is 0.375 e. The third kappa shape index (κ3) is 5.23. The van der Waals surface area contributed by atoms with E-state index in [2.05, 4.69) is 25.8 Å². The maximum absolute atomic E-state index is 13.2. The van der Waals surface area contributed by atoms with E-state index in [0.717, 1.165) is 19.3 Å². The molecular weight excluding hydrogens is 418 g/mol. The number of amides is 2. The van der Waals surface area contributed by atoms with Crippen LogP contribution in [0.1, 0.15) is 57.9 Å².